The first-order valence-corrected chi connectivity index (χ1v) is 5.18. The normalized spacial score (nSPS) is 15.9. The number of aromatic carboxylic acids is 1. The lowest BCUT2D eigenvalue weighted by molar-refractivity contribution is -0.138. The molecule has 6 heteroatoms. The number of aromatic nitrogens is 1. The molecule has 2 rings (SSSR count). The Bertz CT molecular complexity index is 453. The van der Waals surface area contributed by atoms with E-state index in [4.69, 9.17) is 5.11 Å². The van der Waals surface area contributed by atoms with Crippen LogP contribution in [0.25, 0.3) is 0 Å². The fraction of sp³-hybridized carbons (Fsp3) is 0.455. The lowest BCUT2D eigenvalue weighted by Gasteiger charge is -2.12. The SMILES string of the molecule is O=C(O)c1ccc(C(F)(F)F)c(CC2CC2)n1. The van der Waals surface area contributed by atoms with E-state index in [0.717, 1.165) is 25.0 Å². The van der Waals surface area contributed by atoms with E-state index in [-0.39, 0.29) is 23.7 Å². The third-order valence-corrected chi connectivity index (χ3v) is 2.68. The summed E-state index contributed by atoms with van der Waals surface area (Å²) in [6, 6.07) is 1.69. The van der Waals surface area contributed by atoms with Crippen LogP contribution in [-0.4, -0.2) is 16.1 Å². The topological polar surface area (TPSA) is 50.2 Å². The van der Waals surface area contributed by atoms with E-state index in [1.165, 1.54) is 0 Å². The van der Waals surface area contributed by atoms with Crippen molar-refractivity contribution < 1.29 is 23.1 Å². The standard InChI is InChI=1S/C11H10F3NO2/c12-11(13,14)7-3-4-8(10(16)17)15-9(7)5-6-1-2-6/h3-4,6H,1-2,5H2,(H,16,17). The fourth-order valence-electron chi connectivity index (χ4n) is 1.63. The number of carboxylic acids is 1. The molecule has 0 atom stereocenters. The summed E-state index contributed by atoms with van der Waals surface area (Å²) in [5.74, 6) is -1.09. The Hall–Kier alpha value is -1.59. The van der Waals surface area contributed by atoms with Crippen molar-refractivity contribution >= 4 is 5.97 Å². The van der Waals surface area contributed by atoms with Crippen LogP contribution >= 0.6 is 0 Å². The maximum Gasteiger partial charge on any atom is 0.418 e. The monoisotopic (exact) mass is 245 g/mol. The zero-order chi connectivity index (χ0) is 12.6. The molecule has 0 aromatic carbocycles. The van der Waals surface area contributed by atoms with Gasteiger partial charge in [0.2, 0.25) is 0 Å². The first kappa shape index (κ1) is 11.9. The fourth-order valence-corrected chi connectivity index (χ4v) is 1.63. The summed E-state index contributed by atoms with van der Waals surface area (Å²) in [6.45, 7) is 0. The molecule has 0 amide bonds. The van der Waals surface area contributed by atoms with E-state index < -0.39 is 17.7 Å². The molecule has 0 aliphatic heterocycles. The van der Waals surface area contributed by atoms with Crippen molar-refractivity contribution in [3.05, 3.63) is 29.1 Å². The van der Waals surface area contributed by atoms with Gasteiger partial charge in [-0.1, -0.05) is 0 Å². The van der Waals surface area contributed by atoms with Gasteiger partial charge >= 0.3 is 12.1 Å². The van der Waals surface area contributed by atoms with Crippen molar-refractivity contribution in [2.24, 2.45) is 5.92 Å². The summed E-state index contributed by atoms with van der Waals surface area (Å²) in [4.78, 5) is 14.3. The smallest absolute Gasteiger partial charge is 0.418 e. The first-order valence-electron chi connectivity index (χ1n) is 5.18. The van der Waals surface area contributed by atoms with Crippen LogP contribution in [0.4, 0.5) is 13.2 Å². The molecule has 1 fully saturated rings. The highest BCUT2D eigenvalue weighted by atomic mass is 19.4. The van der Waals surface area contributed by atoms with E-state index >= 15 is 0 Å². The molecule has 1 aromatic rings. The van der Waals surface area contributed by atoms with Crippen molar-refractivity contribution in [3.63, 3.8) is 0 Å². The lowest BCUT2D eigenvalue weighted by Crippen LogP contribution is -2.14. The van der Waals surface area contributed by atoms with Gasteiger partial charge in [-0.2, -0.15) is 13.2 Å². The van der Waals surface area contributed by atoms with E-state index in [0.29, 0.717) is 0 Å². The largest absolute Gasteiger partial charge is 0.477 e. The molecule has 1 aliphatic carbocycles. The highest BCUT2D eigenvalue weighted by Crippen LogP contribution is 2.37. The maximum atomic E-state index is 12.7. The number of rotatable bonds is 3. The Kier molecular flexibility index (Phi) is 2.81. The summed E-state index contributed by atoms with van der Waals surface area (Å²) in [5, 5.41) is 8.71. The molecule has 0 unspecified atom stereocenters. The van der Waals surface area contributed by atoms with Gasteiger partial charge in [0.1, 0.15) is 5.69 Å². The van der Waals surface area contributed by atoms with Gasteiger partial charge in [-0.3, -0.25) is 0 Å². The summed E-state index contributed by atoms with van der Waals surface area (Å²) < 4.78 is 38.0. The van der Waals surface area contributed by atoms with Gasteiger partial charge in [0.25, 0.3) is 0 Å². The molecule has 1 aliphatic rings. The molecule has 0 spiro atoms. The lowest BCUT2D eigenvalue weighted by atomic mass is 10.1. The van der Waals surface area contributed by atoms with Crippen LogP contribution in [0, 0.1) is 5.92 Å². The molecule has 0 bridgehead atoms. The molecule has 17 heavy (non-hydrogen) atoms. The van der Waals surface area contributed by atoms with Gasteiger partial charge < -0.3 is 5.11 Å². The second-order valence-corrected chi connectivity index (χ2v) is 4.14. The Morgan fingerprint density at radius 1 is 1.41 bits per heavy atom. The molecular weight excluding hydrogens is 235 g/mol. The van der Waals surface area contributed by atoms with E-state index in [1.54, 1.807) is 0 Å². The van der Waals surface area contributed by atoms with Crippen LogP contribution in [0.2, 0.25) is 0 Å². The molecular formula is C11H10F3NO2. The second kappa shape index (κ2) is 4.01. The Morgan fingerprint density at radius 3 is 2.53 bits per heavy atom. The Balaban J connectivity index is 2.39. The van der Waals surface area contributed by atoms with Gasteiger partial charge in [-0.15, -0.1) is 0 Å². The van der Waals surface area contributed by atoms with E-state index in [2.05, 4.69) is 4.98 Å². The third kappa shape index (κ3) is 2.75. The number of carbonyl (C=O) groups is 1. The molecule has 1 aromatic heterocycles. The van der Waals surface area contributed by atoms with Gasteiger partial charge in [-0.05, 0) is 37.3 Å². The number of carboxylic acid groups (broad SMARTS) is 1. The minimum absolute atomic E-state index is 0.153. The minimum Gasteiger partial charge on any atom is -0.477 e. The van der Waals surface area contributed by atoms with Crippen LogP contribution in [0.3, 0.4) is 0 Å². The molecule has 0 saturated heterocycles. The highest BCUT2D eigenvalue weighted by Gasteiger charge is 2.36. The molecule has 1 heterocycles. The average molecular weight is 245 g/mol. The van der Waals surface area contributed by atoms with Gasteiger partial charge in [0.15, 0.2) is 0 Å². The van der Waals surface area contributed by atoms with Crippen molar-refractivity contribution in [2.75, 3.05) is 0 Å². The number of nitrogens with zero attached hydrogens (tertiary/aromatic N) is 1. The molecule has 1 saturated carbocycles. The minimum atomic E-state index is -4.48. The summed E-state index contributed by atoms with van der Waals surface area (Å²) in [7, 11) is 0. The quantitative estimate of drug-likeness (QED) is 0.890. The molecule has 92 valence electrons. The number of alkyl halides is 3. The summed E-state index contributed by atoms with van der Waals surface area (Å²) in [5.41, 5.74) is -1.32. The highest BCUT2D eigenvalue weighted by molar-refractivity contribution is 5.85. The van der Waals surface area contributed by atoms with Crippen molar-refractivity contribution in [1.29, 1.82) is 0 Å². The van der Waals surface area contributed by atoms with Gasteiger partial charge in [-0.25, -0.2) is 9.78 Å². The second-order valence-electron chi connectivity index (χ2n) is 4.14. The zero-order valence-corrected chi connectivity index (χ0v) is 8.79. The molecule has 1 N–H and O–H groups in total. The summed E-state index contributed by atoms with van der Waals surface area (Å²) in [6.07, 6.45) is -2.50. The maximum absolute atomic E-state index is 12.7. The van der Waals surface area contributed by atoms with Crippen LogP contribution < -0.4 is 0 Å². The number of hydrogen-bond donors (Lipinski definition) is 1. The van der Waals surface area contributed by atoms with Crippen LogP contribution in [0.1, 0.15) is 34.6 Å². The van der Waals surface area contributed by atoms with Crippen LogP contribution in [0.15, 0.2) is 12.1 Å². The summed E-state index contributed by atoms with van der Waals surface area (Å²) >= 11 is 0. The molecule has 0 radical (unpaired) electrons. The van der Waals surface area contributed by atoms with E-state index in [9.17, 15) is 18.0 Å². The first-order chi connectivity index (χ1) is 7.88. The van der Waals surface area contributed by atoms with Gasteiger partial charge in [0.05, 0.1) is 11.3 Å². The van der Waals surface area contributed by atoms with Crippen molar-refractivity contribution in [3.8, 4) is 0 Å². The predicted molar refractivity (Wildman–Crippen MR) is 52.6 cm³/mol. The predicted octanol–water partition coefficient (Wildman–Crippen LogP) is 2.75. The Morgan fingerprint density at radius 2 is 2.06 bits per heavy atom. The van der Waals surface area contributed by atoms with Crippen LogP contribution in [-0.2, 0) is 12.6 Å². The number of hydrogen-bond acceptors (Lipinski definition) is 2. The van der Waals surface area contributed by atoms with Crippen molar-refractivity contribution in [2.45, 2.75) is 25.4 Å². The average Bonchev–Trinajstić information content (AvgIpc) is 2.99. The van der Waals surface area contributed by atoms with E-state index in [1.807, 2.05) is 0 Å². The number of halogens is 3. The van der Waals surface area contributed by atoms with Crippen molar-refractivity contribution in [1.82, 2.24) is 4.98 Å². The zero-order valence-electron chi connectivity index (χ0n) is 8.79. The van der Waals surface area contributed by atoms with Gasteiger partial charge in [0, 0.05) is 0 Å². The molecule has 3 nitrogen and oxygen atoms in total. The number of pyridine rings is 1. The Labute approximate surface area is 95.3 Å². The van der Waals surface area contributed by atoms with Crippen LogP contribution in [0.5, 0.6) is 0 Å². The third-order valence-electron chi connectivity index (χ3n) is 2.68.